The van der Waals surface area contributed by atoms with E-state index in [9.17, 15) is 23.1 Å². The molecule has 166 valence electrons. The third-order valence-corrected chi connectivity index (χ3v) is 5.36. The lowest BCUT2D eigenvalue weighted by molar-refractivity contribution is 0.0631. The fourth-order valence-corrected chi connectivity index (χ4v) is 3.89. The lowest BCUT2D eigenvalue weighted by atomic mass is 9.99. The number of aromatic nitrogens is 5. The van der Waals surface area contributed by atoms with Gasteiger partial charge < -0.3 is 19.4 Å². The van der Waals surface area contributed by atoms with Crippen LogP contribution in [0.5, 0.6) is 0 Å². The molecule has 9 nitrogen and oxygen atoms in total. The summed E-state index contributed by atoms with van der Waals surface area (Å²) < 4.78 is 48.0. The Kier molecular flexibility index (Phi) is 4.73. The lowest BCUT2D eigenvalue weighted by Gasteiger charge is -2.33. The van der Waals surface area contributed by atoms with Crippen molar-refractivity contribution < 1.29 is 27.5 Å². The van der Waals surface area contributed by atoms with E-state index in [2.05, 4.69) is 20.1 Å². The zero-order chi connectivity index (χ0) is 22.6. The number of rotatable bonds is 4. The third-order valence-electron chi connectivity index (χ3n) is 5.36. The summed E-state index contributed by atoms with van der Waals surface area (Å²) in [4.78, 5) is 25.6. The number of nitrogens with one attached hydrogen (secondary N) is 1. The molecule has 0 aromatic carbocycles. The molecule has 0 aliphatic carbocycles. The molecule has 2 N–H and O–H groups in total. The highest BCUT2D eigenvalue weighted by Gasteiger charge is 2.40. The SMILES string of the molecule is C[C@H](O)c1nc(C(F)F)c(C(=O)N2CCc3[nH]cnc3C2c2cc3c(F)cccn3n2)o1. The van der Waals surface area contributed by atoms with Crippen molar-refractivity contribution in [3.63, 3.8) is 0 Å². The number of aliphatic hydroxyl groups excluding tert-OH is 1. The Labute approximate surface area is 178 Å². The van der Waals surface area contributed by atoms with Crippen LogP contribution in [0.2, 0.25) is 0 Å². The summed E-state index contributed by atoms with van der Waals surface area (Å²) in [6.07, 6.45) is -0.945. The molecule has 12 heteroatoms. The summed E-state index contributed by atoms with van der Waals surface area (Å²) in [7, 11) is 0. The summed E-state index contributed by atoms with van der Waals surface area (Å²) >= 11 is 0. The van der Waals surface area contributed by atoms with Gasteiger partial charge in [-0.3, -0.25) is 4.79 Å². The minimum absolute atomic E-state index is 0.141. The van der Waals surface area contributed by atoms with Gasteiger partial charge >= 0.3 is 0 Å². The van der Waals surface area contributed by atoms with Gasteiger partial charge in [0.15, 0.2) is 5.69 Å². The number of aromatic amines is 1. The van der Waals surface area contributed by atoms with Crippen LogP contribution in [0.3, 0.4) is 0 Å². The highest BCUT2D eigenvalue weighted by molar-refractivity contribution is 5.93. The number of nitrogens with zero attached hydrogens (tertiary/aromatic N) is 5. The maximum Gasteiger partial charge on any atom is 0.292 e. The molecule has 0 bridgehead atoms. The summed E-state index contributed by atoms with van der Waals surface area (Å²) in [5.41, 5.74) is 0.890. The van der Waals surface area contributed by atoms with Gasteiger partial charge in [-0.25, -0.2) is 27.7 Å². The van der Waals surface area contributed by atoms with Crippen molar-refractivity contribution >= 4 is 11.4 Å². The number of fused-ring (bicyclic) bond motifs is 2. The number of hydrogen-bond donors (Lipinski definition) is 2. The number of aliphatic hydroxyl groups is 1. The van der Waals surface area contributed by atoms with Crippen LogP contribution in [0.4, 0.5) is 13.2 Å². The number of halogens is 3. The van der Waals surface area contributed by atoms with Crippen LogP contribution in [-0.2, 0) is 6.42 Å². The summed E-state index contributed by atoms with van der Waals surface area (Å²) in [6, 6.07) is 3.39. The van der Waals surface area contributed by atoms with E-state index in [1.165, 1.54) is 40.9 Å². The summed E-state index contributed by atoms with van der Waals surface area (Å²) in [6.45, 7) is 1.43. The van der Waals surface area contributed by atoms with Gasteiger partial charge in [0, 0.05) is 24.9 Å². The predicted octanol–water partition coefficient (Wildman–Crippen LogP) is 2.96. The molecule has 2 atom stereocenters. The second kappa shape index (κ2) is 7.48. The number of H-pyrrole nitrogens is 1. The number of pyridine rings is 1. The molecule has 5 rings (SSSR count). The fourth-order valence-electron chi connectivity index (χ4n) is 3.89. The lowest BCUT2D eigenvalue weighted by Crippen LogP contribution is -2.41. The van der Waals surface area contributed by atoms with Gasteiger partial charge in [-0.2, -0.15) is 5.10 Å². The molecule has 32 heavy (non-hydrogen) atoms. The van der Waals surface area contributed by atoms with Gasteiger partial charge in [0.05, 0.1) is 17.7 Å². The molecule has 0 radical (unpaired) electrons. The van der Waals surface area contributed by atoms with Gasteiger partial charge in [-0.05, 0) is 25.1 Å². The number of hydrogen-bond acceptors (Lipinski definition) is 6. The molecule has 1 unspecified atom stereocenters. The van der Waals surface area contributed by atoms with Gasteiger partial charge in [0.2, 0.25) is 11.7 Å². The van der Waals surface area contributed by atoms with E-state index < -0.39 is 41.7 Å². The van der Waals surface area contributed by atoms with E-state index in [4.69, 9.17) is 4.42 Å². The van der Waals surface area contributed by atoms with Crippen LogP contribution >= 0.6 is 0 Å². The second-order valence-electron chi connectivity index (χ2n) is 7.42. The Morgan fingerprint density at radius 2 is 2.22 bits per heavy atom. The zero-order valence-electron chi connectivity index (χ0n) is 16.7. The van der Waals surface area contributed by atoms with Crippen LogP contribution in [0.1, 0.15) is 64.7 Å². The first kappa shape index (κ1) is 20.2. The minimum Gasteiger partial charge on any atom is -0.432 e. The molecule has 5 heterocycles. The number of imidazole rings is 1. The Balaban J connectivity index is 1.63. The minimum atomic E-state index is -3.08. The van der Waals surface area contributed by atoms with Crippen molar-refractivity contribution in [3.05, 3.63) is 71.0 Å². The monoisotopic (exact) mass is 446 g/mol. The number of oxazole rings is 1. The van der Waals surface area contributed by atoms with Gasteiger partial charge in [-0.1, -0.05) is 0 Å². The van der Waals surface area contributed by atoms with Crippen molar-refractivity contribution in [2.75, 3.05) is 6.54 Å². The van der Waals surface area contributed by atoms with Crippen LogP contribution in [0.25, 0.3) is 5.52 Å². The second-order valence-corrected chi connectivity index (χ2v) is 7.42. The molecule has 0 saturated carbocycles. The maximum absolute atomic E-state index is 14.3. The molecular weight excluding hydrogens is 429 g/mol. The number of carbonyl (C=O) groups excluding carboxylic acids is 1. The molecule has 1 amide bonds. The zero-order valence-corrected chi connectivity index (χ0v) is 16.7. The van der Waals surface area contributed by atoms with E-state index in [-0.39, 0.29) is 18.0 Å². The van der Waals surface area contributed by atoms with Crippen LogP contribution in [0.15, 0.2) is 35.1 Å². The standard InChI is InChI=1S/C20H17F3N6O3/c1-9(30)19-26-15(18(22)23)17(32-19)20(31)28-6-4-11-14(25-8-24-11)16(28)12-7-13-10(21)3-2-5-29(13)27-12/h2-3,5,7-9,16,18,30H,4,6H2,1H3,(H,24,25)/t9-,16?/m0/s1. The molecule has 1 aliphatic rings. The van der Waals surface area contributed by atoms with E-state index >= 15 is 0 Å². The van der Waals surface area contributed by atoms with Crippen LogP contribution in [-0.4, -0.2) is 47.0 Å². The topological polar surface area (TPSA) is 113 Å². The number of alkyl halides is 2. The molecule has 0 saturated heterocycles. The number of amides is 1. The van der Waals surface area contributed by atoms with Gasteiger partial charge in [0.1, 0.15) is 23.5 Å². The average Bonchev–Trinajstić information content (AvgIpc) is 3.49. The Morgan fingerprint density at radius 1 is 1.41 bits per heavy atom. The van der Waals surface area contributed by atoms with Crippen molar-refractivity contribution in [3.8, 4) is 0 Å². The average molecular weight is 446 g/mol. The van der Waals surface area contributed by atoms with Crippen molar-refractivity contribution in [2.45, 2.75) is 31.9 Å². The largest absolute Gasteiger partial charge is 0.432 e. The molecule has 0 fully saturated rings. The molecule has 4 aromatic heterocycles. The third kappa shape index (κ3) is 3.14. The van der Waals surface area contributed by atoms with E-state index in [0.29, 0.717) is 17.8 Å². The van der Waals surface area contributed by atoms with Crippen LogP contribution < -0.4 is 0 Å². The first-order valence-electron chi connectivity index (χ1n) is 9.79. The van der Waals surface area contributed by atoms with Crippen LogP contribution in [0, 0.1) is 5.82 Å². The Bertz CT molecular complexity index is 1310. The Hall–Kier alpha value is -3.67. The predicted molar refractivity (Wildman–Crippen MR) is 102 cm³/mol. The fraction of sp³-hybridized carbons (Fsp3) is 0.300. The van der Waals surface area contributed by atoms with E-state index in [1.807, 2.05) is 0 Å². The normalized spacial score (nSPS) is 17.2. The quantitative estimate of drug-likeness (QED) is 0.499. The van der Waals surface area contributed by atoms with Crippen molar-refractivity contribution in [1.82, 2.24) is 29.5 Å². The summed E-state index contributed by atoms with van der Waals surface area (Å²) in [5, 5.41) is 14.1. The van der Waals surface area contributed by atoms with E-state index in [1.54, 1.807) is 6.20 Å². The van der Waals surface area contributed by atoms with Gasteiger partial charge in [0.25, 0.3) is 12.3 Å². The smallest absolute Gasteiger partial charge is 0.292 e. The maximum atomic E-state index is 14.3. The summed E-state index contributed by atoms with van der Waals surface area (Å²) in [5.74, 6) is -2.39. The molecule has 1 aliphatic heterocycles. The highest BCUT2D eigenvalue weighted by Crippen LogP contribution is 2.36. The van der Waals surface area contributed by atoms with Gasteiger partial charge in [-0.15, -0.1) is 0 Å². The first-order valence-corrected chi connectivity index (χ1v) is 9.79. The van der Waals surface area contributed by atoms with Crippen molar-refractivity contribution in [2.24, 2.45) is 0 Å². The molecule has 4 aromatic rings. The molecular formula is C20H17F3N6O3. The van der Waals surface area contributed by atoms with E-state index in [0.717, 1.165) is 5.69 Å². The Morgan fingerprint density at radius 3 is 2.94 bits per heavy atom. The van der Waals surface area contributed by atoms with Crippen molar-refractivity contribution in [1.29, 1.82) is 0 Å². The molecule has 0 spiro atoms. The first-order chi connectivity index (χ1) is 15.3. The number of carbonyl (C=O) groups is 1. The highest BCUT2D eigenvalue weighted by atomic mass is 19.3.